The lowest BCUT2D eigenvalue weighted by Gasteiger charge is -2.37. The van der Waals surface area contributed by atoms with Gasteiger partial charge in [-0.05, 0) is 29.7 Å². The van der Waals surface area contributed by atoms with E-state index in [2.05, 4.69) is 35.0 Å². The molecule has 6 nitrogen and oxygen atoms in total. The van der Waals surface area contributed by atoms with Crippen LogP contribution < -0.4 is 4.90 Å². The molecule has 1 aromatic heterocycles. The van der Waals surface area contributed by atoms with Crippen LogP contribution in [-0.4, -0.2) is 65.4 Å². The minimum Gasteiger partial charge on any atom is -0.334 e. The molecule has 2 amide bonds. The molecule has 5 rings (SSSR count). The topological polar surface area (TPSA) is 56.8 Å². The van der Waals surface area contributed by atoms with E-state index in [1.807, 2.05) is 45.5 Å². The zero-order chi connectivity index (χ0) is 22.1. The molecule has 164 valence electrons. The lowest BCUT2D eigenvalue weighted by atomic mass is 9.99. The number of hydrogen-bond acceptors (Lipinski definition) is 5. The van der Waals surface area contributed by atoms with Crippen LogP contribution in [0.1, 0.15) is 21.8 Å². The summed E-state index contributed by atoms with van der Waals surface area (Å²) in [4.78, 5) is 35.9. The van der Waals surface area contributed by atoms with Gasteiger partial charge in [-0.2, -0.15) is 0 Å². The zero-order valence-electron chi connectivity index (χ0n) is 18.1. The number of carbonyl (C=O) groups is 2. The average Bonchev–Trinajstić information content (AvgIpc) is 3.50. The summed E-state index contributed by atoms with van der Waals surface area (Å²) in [6.07, 6.45) is 2.19. The van der Waals surface area contributed by atoms with Gasteiger partial charge in [0.15, 0.2) is 5.01 Å². The van der Waals surface area contributed by atoms with Crippen molar-refractivity contribution in [3.05, 3.63) is 70.7 Å². The molecule has 2 fully saturated rings. The number of piperazine rings is 1. The molecule has 0 N–H and O–H groups in total. The summed E-state index contributed by atoms with van der Waals surface area (Å²) >= 11 is 1.38. The Morgan fingerprint density at radius 2 is 1.81 bits per heavy atom. The lowest BCUT2D eigenvalue weighted by molar-refractivity contribution is -0.117. The predicted molar refractivity (Wildman–Crippen MR) is 127 cm³/mol. The summed E-state index contributed by atoms with van der Waals surface area (Å²) in [7, 11) is 0. The van der Waals surface area contributed by atoms with Gasteiger partial charge >= 0.3 is 0 Å². The molecule has 7 heteroatoms. The Morgan fingerprint density at radius 3 is 2.53 bits per heavy atom. The van der Waals surface area contributed by atoms with E-state index in [1.165, 1.54) is 11.3 Å². The molecule has 0 spiro atoms. The molecule has 2 aromatic carbocycles. The number of carbonyl (C=O) groups excluding carboxylic acids is 2. The number of thiazole rings is 1. The van der Waals surface area contributed by atoms with Crippen molar-refractivity contribution < 1.29 is 9.59 Å². The van der Waals surface area contributed by atoms with Crippen molar-refractivity contribution in [2.45, 2.75) is 19.4 Å². The van der Waals surface area contributed by atoms with Crippen molar-refractivity contribution in [1.29, 1.82) is 0 Å². The third kappa shape index (κ3) is 3.94. The largest absolute Gasteiger partial charge is 0.334 e. The monoisotopic (exact) mass is 446 g/mol. The van der Waals surface area contributed by atoms with E-state index in [0.29, 0.717) is 31.1 Å². The van der Waals surface area contributed by atoms with Gasteiger partial charge in [0.25, 0.3) is 5.91 Å². The maximum Gasteiger partial charge on any atom is 0.282 e. The van der Waals surface area contributed by atoms with Gasteiger partial charge < -0.3 is 9.80 Å². The highest BCUT2D eigenvalue weighted by atomic mass is 32.1. The first kappa shape index (κ1) is 20.8. The van der Waals surface area contributed by atoms with E-state index in [4.69, 9.17) is 0 Å². The summed E-state index contributed by atoms with van der Waals surface area (Å²) < 4.78 is 0. The Bertz CT molecular complexity index is 1110. The minimum atomic E-state index is 0.0112. The van der Waals surface area contributed by atoms with E-state index in [-0.39, 0.29) is 17.9 Å². The van der Waals surface area contributed by atoms with Crippen LogP contribution in [0.4, 0.5) is 5.69 Å². The molecule has 0 radical (unpaired) electrons. The van der Waals surface area contributed by atoms with Crippen molar-refractivity contribution >= 4 is 28.8 Å². The number of rotatable bonds is 4. The number of anilines is 1. The molecule has 3 heterocycles. The summed E-state index contributed by atoms with van der Waals surface area (Å²) in [6.45, 7) is 5.70. The van der Waals surface area contributed by atoms with Crippen LogP contribution in [0.2, 0.25) is 0 Å². The number of amides is 2. The van der Waals surface area contributed by atoms with Crippen LogP contribution in [0.15, 0.2) is 60.1 Å². The fourth-order valence-electron chi connectivity index (χ4n) is 4.77. The first-order valence-corrected chi connectivity index (χ1v) is 11.9. The zero-order valence-corrected chi connectivity index (χ0v) is 18.9. The second-order valence-corrected chi connectivity index (χ2v) is 9.24. The Morgan fingerprint density at radius 1 is 1.03 bits per heavy atom. The fourth-order valence-corrected chi connectivity index (χ4v) is 5.37. The molecule has 1 atom stereocenters. The fraction of sp³-hybridized carbons (Fsp3) is 0.320. The lowest BCUT2D eigenvalue weighted by Crippen LogP contribution is -2.52. The number of aromatic nitrogens is 1. The van der Waals surface area contributed by atoms with Gasteiger partial charge in [-0.25, -0.2) is 4.98 Å². The Kier molecular flexibility index (Phi) is 5.76. The van der Waals surface area contributed by atoms with Gasteiger partial charge in [0.1, 0.15) is 0 Å². The first-order valence-electron chi connectivity index (χ1n) is 11.0. The molecule has 0 saturated carbocycles. The summed E-state index contributed by atoms with van der Waals surface area (Å²) in [5.74, 6) is 0.182. The Hall–Kier alpha value is -3.03. The van der Waals surface area contributed by atoms with Crippen molar-refractivity contribution in [3.63, 3.8) is 0 Å². The first-order chi connectivity index (χ1) is 15.6. The van der Waals surface area contributed by atoms with Crippen LogP contribution >= 0.6 is 11.3 Å². The van der Waals surface area contributed by atoms with Gasteiger partial charge in [0.05, 0.1) is 0 Å². The van der Waals surface area contributed by atoms with Crippen LogP contribution in [-0.2, 0) is 4.79 Å². The van der Waals surface area contributed by atoms with Crippen LogP contribution in [0, 0.1) is 6.92 Å². The van der Waals surface area contributed by atoms with E-state index in [1.54, 1.807) is 6.20 Å². The summed E-state index contributed by atoms with van der Waals surface area (Å²) in [5, 5.41) is 2.38. The third-order valence-corrected chi connectivity index (χ3v) is 7.28. The van der Waals surface area contributed by atoms with E-state index >= 15 is 0 Å². The summed E-state index contributed by atoms with van der Waals surface area (Å²) in [6, 6.07) is 16.7. The third-order valence-electron chi connectivity index (χ3n) is 6.52. The van der Waals surface area contributed by atoms with Crippen molar-refractivity contribution in [1.82, 2.24) is 14.8 Å². The number of nitrogens with zero attached hydrogens (tertiary/aromatic N) is 4. The van der Waals surface area contributed by atoms with Crippen molar-refractivity contribution in [2.75, 3.05) is 37.6 Å². The molecule has 3 aromatic rings. The second kappa shape index (κ2) is 8.84. The number of benzene rings is 2. The van der Waals surface area contributed by atoms with Crippen LogP contribution in [0.3, 0.4) is 0 Å². The van der Waals surface area contributed by atoms with E-state index < -0.39 is 0 Å². The molecule has 0 bridgehead atoms. The molecule has 2 aliphatic rings. The highest BCUT2D eigenvalue weighted by molar-refractivity contribution is 7.11. The molecular weight excluding hydrogens is 420 g/mol. The van der Waals surface area contributed by atoms with Crippen LogP contribution in [0.5, 0.6) is 0 Å². The Labute approximate surface area is 192 Å². The molecule has 1 unspecified atom stereocenters. The molecule has 2 aliphatic heterocycles. The van der Waals surface area contributed by atoms with Gasteiger partial charge in [-0.15, -0.1) is 11.3 Å². The molecule has 32 heavy (non-hydrogen) atoms. The predicted octanol–water partition coefficient (Wildman–Crippen LogP) is 3.68. The maximum atomic E-state index is 13.0. The quantitative estimate of drug-likeness (QED) is 0.614. The van der Waals surface area contributed by atoms with Gasteiger partial charge in [-0.1, -0.05) is 42.5 Å². The van der Waals surface area contributed by atoms with Crippen LogP contribution in [0.25, 0.3) is 11.1 Å². The standard InChI is InChI=1S/C25H26N4O2S/c1-18-21(19-6-3-2-4-7-19)8-5-9-22(18)29-17-20(16-23(29)30)27-11-13-28(14-12-27)25(31)24-26-10-15-32-24/h2-10,15,20H,11-14,16-17H2,1H3. The van der Waals surface area contributed by atoms with E-state index in [0.717, 1.165) is 35.5 Å². The normalized spacial score (nSPS) is 19.5. The van der Waals surface area contributed by atoms with Crippen molar-refractivity contribution in [2.24, 2.45) is 0 Å². The SMILES string of the molecule is Cc1c(-c2ccccc2)cccc1N1CC(N2CCN(C(=O)c3nccs3)CC2)CC1=O. The molecule has 2 saturated heterocycles. The highest BCUT2D eigenvalue weighted by Gasteiger charge is 2.37. The smallest absolute Gasteiger partial charge is 0.282 e. The summed E-state index contributed by atoms with van der Waals surface area (Å²) in [5.41, 5.74) is 4.45. The van der Waals surface area contributed by atoms with Gasteiger partial charge in [0, 0.05) is 62.5 Å². The van der Waals surface area contributed by atoms with E-state index in [9.17, 15) is 9.59 Å². The average molecular weight is 447 g/mol. The molecular formula is C25H26N4O2S. The highest BCUT2D eigenvalue weighted by Crippen LogP contribution is 2.33. The minimum absolute atomic E-state index is 0.0112. The Balaban J connectivity index is 1.27. The molecule has 0 aliphatic carbocycles. The second-order valence-electron chi connectivity index (χ2n) is 8.34. The van der Waals surface area contributed by atoms with Gasteiger partial charge in [0.2, 0.25) is 5.91 Å². The maximum absolute atomic E-state index is 13.0. The van der Waals surface area contributed by atoms with Crippen molar-refractivity contribution in [3.8, 4) is 11.1 Å². The number of hydrogen-bond donors (Lipinski definition) is 0. The van der Waals surface area contributed by atoms with Gasteiger partial charge in [-0.3, -0.25) is 14.5 Å².